The van der Waals surface area contributed by atoms with E-state index in [0.717, 1.165) is 83.6 Å². The molecule has 288 valence electrons. The summed E-state index contributed by atoms with van der Waals surface area (Å²) in [6.07, 6.45) is 1.88. The van der Waals surface area contributed by atoms with E-state index in [1.165, 1.54) is 5.56 Å². The first-order chi connectivity index (χ1) is 27.1. The van der Waals surface area contributed by atoms with Crippen LogP contribution in [-0.4, -0.2) is 19.6 Å². The third-order valence-corrected chi connectivity index (χ3v) is 10.7. The van der Waals surface area contributed by atoms with Gasteiger partial charge in [0.05, 0.1) is 16.6 Å². The first-order valence-electron chi connectivity index (χ1n) is 19.8. The molecule has 0 aliphatic carbocycles. The number of pyridine rings is 1. The number of nitrogens with zero attached hydrogens (tertiary/aromatic N) is 3. The minimum absolute atomic E-state index is 0. The Morgan fingerprint density at radius 2 is 1.40 bits per heavy atom. The summed E-state index contributed by atoms with van der Waals surface area (Å²) >= 11 is 0. The van der Waals surface area contributed by atoms with Crippen molar-refractivity contribution in [1.29, 1.82) is 0 Å². The predicted octanol–water partition coefficient (Wildman–Crippen LogP) is 13.6. The number of benzene rings is 6. The number of phenols is 1. The zero-order chi connectivity index (χ0) is 40.2. The van der Waals surface area contributed by atoms with Crippen LogP contribution >= 0.6 is 0 Å². The molecule has 57 heavy (non-hydrogen) atoms. The largest absolute Gasteiger partial charge is 0.507 e. The van der Waals surface area contributed by atoms with E-state index >= 15 is 0 Å². The number of aromatic hydroxyl groups is 1. The average Bonchev–Trinajstić information content (AvgIpc) is 3.59. The van der Waals surface area contributed by atoms with Crippen LogP contribution in [0, 0.1) is 26.8 Å². The van der Waals surface area contributed by atoms with Gasteiger partial charge in [0.1, 0.15) is 11.6 Å². The van der Waals surface area contributed by atoms with Crippen LogP contribution in [0.1, 0.15) is 69.7 Å². The van der Waals surface area contributed by atoms with Crippen molar-refractivity contribution in [2.75, 3.05) is 0 Å². The number of aryl methyl sites for hydroxylation is 3. The zero-order valence-corrected chi connectivity index (χ0v) is 36.1. The van der Waals surface area contributed by atoms with Gasteiger partial charge in [-0.2, -0.15) is 0 Å². The number of imidazole rings is 1. The smallest absolute Gasteiger partial charge is 0.148 e. The number of hydrogen-bond acceptors (Lipinski definition) is 3. The predicted molar refractivity (Wildman–Crippen MR) is 234 cm³/mol. The number of fused-ring (bicyclic) bond motifs is 1. The molecule has 0 saturated heterocycles. The number of aromatic nitrogens is 3. The van der Waals surface area contributed by atoms with Gasteiger partial charge in [0.15, 0.2) is 0 Å². The maximum atomic E-state index is 11.7. The first-order valence-corrected chi connectivity index (χ1v) is 19.3. The van der Waals surface area contributed by atoms with E-state index in [2.05, 4.69) is 135 Å². The van der Waals surface area contributed by atoms with Crippen LogP contribution in [0.3, 0.4) is 0 Å². The maximum absolute atomic E-state index is 11.7. The van der Waals surface area contributed by atoms with Crippen molar-refractivity contribution in [2.45, 2.75) is 66.7 Å². The molecule has 0 amide bonds. The van der Waals surface area contributed by atoms with Crippen molar-refractivity contribution in [3.05, 3.63) is 167 Å². The summed E-state index contributed by atoms with van der Waals surface area (Å²) in [6, 6.07) is 47.9. The third kappa shape index (κ3) is 7.89. The molecule has 1 N–H and O–H groups in total. The second kappa shape index (κ2) is 15.8. The average molecular weight is 927 g/mol. The van der Waals surface area contributed by atoms with E-state index in [1.54, 1.807) is 0 Å². The quantitative estimate of drug-likeness (QED) is 0.162. The molecule has 0 aliphatic rings. The number of phenolic OH excluding ortho intramolecular Hbond substituents is 1. The minimum Gasteiger partial charge on any atom is -0.507 e. The Labute approximate surface area is 353 Å². The van der Waals surface area contributed by atoms with E-state index in [1.807, 2.05) is 64.2 Å². The molecule has 0 atom stereocenters. The van der Waals surface area contributed by atoms with Gasteiger partial charge in [-0.3, -0.25) is 9.55 Å². The van der Waals surface area contributed by atoms with Crippen LogP contribution in [0.5, 0.6) is 5.75 Å². The second-order valence-corrected chi connectivity index (χ2v) is 16.3. The Morgan fingerprint density at radius 1 is 0.684 bits per heavy atom. The summed E-state index contributed by atoms with van der Waals surface area (Å²) in [5.74, 6) is -0.0465. The van der Waals surface area contributed by atoms with Gasteiger partial charge >= 0.3 is 0 Å². The van der Waals surface area contributed by atoms with Crippen LogP contribution in [0.4, 0.5) is 0 Å². The molecule has 0 fully saturated rings. The van der Waals surface area contributed by atoms with Crippen molar-refractivity contribution < 1.29 is 27.5 Å². The van der Waals surface area contributed by atoms with Crippen molar-refractivity contribution in [1.82, 2.24) is 14.5 Å². The van der Waals surface area contributed by atoms with E-state index < -0.39 is 5.89 Å². The van der Waals surface area contributed by atoms with Crippen LogP contribution in [-0.2, 0) is 26.5 Å². The Hall–Kier alpha value is -5.57. The zero-order valence-electron chi connectivity index (χ0n) is 34.8. The van der Waals surface area contributed by atoms with Crippen molar-refractivity contribution in [2.24, 2.45) is 0 Å². The van der Waals surface area contributed by atoms with Gasteiger partial charge in [0.2, 0.25) is 0 Å². The summed E-state index contributed by atoms with van der Waals surface area (Å²) in [4.78, 5) is 10.3. The molecule has 2 heterocycles. The molecule has 6 aromatic carbocycles. The summed E-state index contributed by atoms with van der Waals surface area (Å²) in [6.45, 7) is 16.6. The van der Waals surface area contributed by atoms with Crippen molar-refractivity contribution in [3.8, 4) is 67.5 Å². The van der Waals surface area contributed by atoms with E-state index in [9.17, 15) is 5.11 Å². The van der Waals surface area contributed by atoms with Gasteiger partial charge in [-0.1, -0.05) is 136 Å². The maximum Gasteiger partial charge on any atom is 0.148 e. The Bertz CT molecular complexity index is 2790. The van der Waals surface area contributed by atoms with Crippen LogP contribution in [0.25, 0.3) is 72.7 Å². The van der Waals surface area contributed by atoms with Crippen LogP contribution in [0.2, 0.25) is 0 Å². The molecule has 0 unspecified atom stereocenters. The summed E-state index contributed by atoms with van der Waals surface area (Å²) in [5.41, 5.74) is 16.0. The van der Waals surface area contributed by atoms with Gasteiger partial charge in [-0.25, -0.2) is 4.98 Å². The summed E-state index contributed by atoms with van der Waals surface area (Å²) in [5, 5.41) is 11.7. The normalized spacial score (nSPS) is 12.0. The molecule has 0 bridgehead atoms. The standard InChI is InChI=1S/C52H48N3O.Pt/c1-32(2)39-25-40(36-13-10-9-11-14-36)30-44(29-39)55-48-16-12-15-45(49(48)54-51(55)46-24-34(4)23-35(5)50(46)56)41-26-42(28-43(27-41)52(6,7)8)47-31-38(21-22-53-47)37-19-17-33(3)18-20-37;/h9-25,27-32,56H,1-8H3;/q-1;/i32D;. The topological polar surface area (TPSA) is 50.9 Å². The van der Waals surface area contributed by atoms with Gasteiger partial charge in [-0.05, 0) is 101 Å². The fraction of sp³-hybridized carbons (Fsp3) is 0.192. The van der Waals surface area contributed by atoms with Gasteiger partial charge < -0.3 is 5.11 Å². The van der Waals surface area contributed by atoms with Crippen molar-refractivity contribution >= 4 is 11.0 Å². The van der Waals surface area contributed by atoms with Gasteiger partial charge in [-0.15, -0.1) is 29.3 Å². The molecule has 8 rings (SSSR count). The van der Waals surface area contributed by atoms with Crippen LogP contribution < -0.4 is 0 Å². The Balaban J connectivity index is 0.00000512. The molecule has 4 nitrogen and oxygen atoms in total. The Kier molecular flexibility index (Phi) is 10.6. The SMILES string of the molecule is [2H]C(C)(C)c1cc(-c2ccccc2)cc(-n2c(-c3cc(C)cc(C)c3O)nc3c(-c4[c-]c(-c5cc(-c6ccc(C)cc6)ccn5)cc(C(C)(C)C)c4)cccc32)c1.[Pt]. The molecule has 0 aliphatic heterocycles. The molecule has 8 aromatic rings. The van der Waals surface area contributed by atoms with Crippen LogP contribution in [0.15, 0.2) is 134 Å². The monoisotopic (exact) mass is 926 g/mol. The molecular formula is C52H48N3OPt-. The molecule has 2 aromatic heterocycles. The Morgan fingerprint density at radius 3 is 2.12 bits per heavy atom. The van der Waals surface area contributed by atoms with E-state index in [4.69, 9.17) is 11.3 Å². The first kappa shape index (κ1) is 38.3. The second-order valence-electron chi connectivity index (χ2n) is 16.3. The van der Waals surface area contributed by atoms with E-state index in [0.29, 0.717) is 11.4 Å². The molecular weight excluding hydrogens is 878 g/mol. The third-order valence-electron chi connectivity index (χ3n) is 10.7. The number of para-hydroxylation sites is 1. The van der Waals surface area contributed by atoms with E-state index in [-0.39, 0.29) is 32.2 Å². The minimum atomic E-state index is -0.868. The molecule has 0 radical (unpaired) electrons. The van der Waals surface area contributed by atoms with Gasteiger partial charge in [0, 0.05) is 40.0 Å². The summed E-state index contributed by atoms with van der Waals surface area (Å²) < 4.78 is 11.3. The fourth-order valence-electron chi connectivity index (χ4n) is 7.50. The summed E-state index contributed by atoms with van der Waals surface area (Å²) in [7, 11) is 0. The fourth-order valence-corrected chi connectivity index (χ4v) is 7.50. The molecule has 0 spiro atoms. The van der Waals surface area contributed by atoms with Crippen molar-refractivity contribution in [3.63, 3.8) is 0 Å². The number of rotatable bonds is 7. The number of hydrogen-bond donors (Lipinski definition) is 1. The molecule has 0 saturated carbocycles. The molecule has 5 heteroatoms. The van der Waals surface area contributed by atoms with Gasteiger partial charge in [0.25, 0.3) is 0 Å².